The molecule has 1 N–H and O–H groups in total. The van der Waals surface area contributed by atoms with E-state index in [0.29, 0.717) is 18.0 Å². The fourth-order valence-electron chi connectivity index (χ4n) is 2.65. The van der Waals surface area contributed by atoms with Crippen LogP contribution in [0.25, 0.3) is 6.08 Å². The molecule has 0 saturated carbocycles. The fraction of sp³-hybridized carbons (Fsp3) is 0.143. The molecule has 0 atom stereocenters. The lowest BCUT2D eigenvalue weighted by molar-refractivity contribution is -0.117. The first-order valence-electron chi connectivity index (χ1n) is 8.15. The summed E-state index contributed by atoms with van der Waals surface area (Å²) in [6, 6.07) is 17.1. The SMILES string of the molecule is COc1cccc2c1OCC(C=C(C#N)C(=O)NCc1ccccc1)=C2. The third kappa shape index (κ3) is 3.93. The minimum atomic E-state index is -0.409. The Bertz CT molecular complexity index is 909. The van der Waals surface area contributed by atoms with E-state index < -0.39 is 5.91 Å². The molecule has 26 heavy (non-hydrogen) atoms. The Hall–Kier alpha value is -3.52. The summed E-state index contributed by atoms with van der Waals surface area (Å²) in [4.78, 5) is 12.3. The molecule has 0 bridgehead atoms. The van der Waals surface area contributed by atoms with Gasteiger partial charge >= 0.3 is 0 Å². The zero-order valence-corrected chi connectivity index (χ0v) is 14.4. The van der Waals surface area contributed by atoms with Crippen molar-refractivity contribution in [2.24, 2.45) is 0 Å². The van der Waals surface area contributed by atoms with Crippen LogP contribution in [0, 0.1) is 11.3 Å². The molecule has 0 aliphatic carbocycles. The molecule has 2 aromatic rings. The van der Waals surface area contributed by atoms with Gasteiger partial charge in [-0.05, 0) is 29.4 Å². The minimum absolute atomic E-state index is 0.0436. The number of hydrogen-bond donors (Lipinski definition) is 1. The molecule has 0 saturated heterocycles. The molecule has 5 heteroatoms. The molecule has 0 spiro atoms. The van der Waals surface area contributed by atoms with Gasteiger partial charge in [0.15, 0.2) is 11.5 Å². The van der Waals surface area contributed by atoms with Gasteiger partial charge in [0.05, 0.1) is 7.11 Å². The molecular weight excluding hydrogens is 328 g/mol. The maximum absolute atomic E-state index is 12.3. The summed E-state index contributed by atoms with van der Waals surface area (Å²) >= 11 is 0. The van der Waals surface area contributed by atoms with Crippen LogP contribution in [0.15, 0.2) is 65.8 Å². The molecule has 0 unspecified atom stereocenters. The summed E-state index contributed by atoms with van der Waals surface area (Å²) in [6.07, 6.45) is 3.45. The van der Waals surface area contributed by atoms with Gasteiger partial charge in [-0.25, -0.2) is 0 Å². The Labute approximate surface area is 152 Å². The van der Waals surface area contributed by atoms with Crippen LogP contribution in [0.2, 0.25) is 0 Å². The quantitative estimate of drug-likeness (QED) is 0.666. The van der Waals surface area contributed by atoms with Crippen LogP contribution in [0.1, 0.15) is 11.1 Å². The van der Waals surface area contributed by atoms with Gasteiger partial charge in [-0.3, -0.25) is 4.79 Å². The number of nitrogens with one attached hydrogen (secondary N) is 1. The van der Waals surface area contributed by atoms with Crippen LogP contribution in [0.5, 0.6) is 11.5 Å². The van der Waals surface area contributed by atoms with Gasteiger partial charge < -0.3 is 14.8 Å². The van der Waals surface area contributed by atoms with Crippen molar-refractivity contribution >= 4 is 12.0 Å². The predicted octanol–water partition coefficient (Wildman–Crippen LogP) is 3.24. The third-order valence-corrected chi connectivity index (χ3v) is 3.94. The van der Waals surface area contributed by atoms with Crippen molar-refractivity contribution in [1.29, 1.82) is 5.26 Å². The van der Waals surface area contributed by atoms with Crippen molar-refractivity contribution in [2.75, 3.05) is 13.7 Å². The maximum Gasteiger partial charge on any atom is 0.262 e. The summed E-state index contributed by atoms with van der Waals surface area (Å²) in [5.41, 5.74) is 2.61. The highest BCUT2D eigenvalue weighted by Gasteiger charge is 2.16. The Kier molecular flexibility index (Phi) is 5.35. The lowest BCUT2D eigenvalue weighted by atomic mass is 10.0. The van der Waals surface area contributed by atoms with Gasteiger partial charge in [-0.15, -0.1) is 0 Å². The van der Waals surface area contributed by atoms with Gasteiger partial charge in [0.2, 0.25) is 0 Å². The number of fused-ring (bicyclic) bond motifs is 1. The van der Waals surface area contributed by atoms with Crippen LogP contribution < -0.4 is 14.8 Å². The molecule has 5 nitrogen and oxygen atoms in total. The highest BCUT2D eigenvalue weighted by atomic mass is 16.5. The second kappa shape index (κ2) is 8.04. The fourth-order valence-corrected chi connectivity index (χ4v) is 2.65. The first-order valence-corrected chi connectivity index (χ1v) is 8.15. The zero-order valence-electron chi connectivity index (χ0n) is 14.4. The number of carbonyl (C=O) groups excluding carboxylic acids is 1. The van der Waals surface area contributed by atoms with Crippen molar-refractivity contribution in [1.82, 2.24) is 5.32 Å². The van der Waals surface area contributed by atoms with Crippen molar-refractivity contribution in [2.45, 2.75) is 6.54 Å². The number of ether oxygens (including phenoxy) is 2. The minimum Gasteiger partial charge on any atom is -0.493 e. The molecule has 0 aromatic heterocycles. The number of carbonyl (C=O) groups is 1. The number of rotatable bonds is 5. The average molecular weight is 346 g/mol. The van der Waals surface area contributed by atoms with Crippen molar-refractivity contribution in [3.05, 3.63) is 76.9 Å². The number of nitriles is 1. The molecule has 1 amide bonds. The standard InChI is InChI=1S/C21H18N2O3/c1-25-19-9-5-8-17-10-16(14-26-20(17)19)11-18(12-22)21(24)23-13-15-6-3-2-4-7-15/h2-11H,13-14H2,1H3,(H,23,24). The van der Waals surface area contributed by atoms with Gasteiger partial charge in [0, 0.05) is 12.1 Å². The van der Waals surface area contributed by atoms with Gasteiger partial charge in [0.25, 0.3) is 5.91 Å². The summed E-state index contributed by atoms with van der Waals surface area (Å²) in [7, 11) is 1.59. The lowest BCUT2D eigenvalue weighted by Gasteiger charge is -2.18. The summed E-state index contributed by atoms with van der Waals surface area (Å²) in [6.45, 7) is 0.638. The molecule has 3 rings (SSSR count). The lowest BCUT2D eigenvalue weighted by Crippen LogP contribution is -2.24. The van der Waals surface area contributed by atoms with E-state index in [1.54, 1.807) is 13.2 Å². The molecule has 0 radical (unpaired) electrons. The molecule has 1 aliphatic rings. The van der Waals surface area contributed by atoms with E-state index in [1.807, 2.05) is 60.7 Å². The van der Waals surface area contributed by atoms with E-state index in [9.17, 15) is 10.1 Å². The largest absolute Gasteiger partial charge is 0.493 e. The number of amides is 1. The van der Waals surface area contributed by atoms with Gasteiger partial charge in [0.1, 0.15) is 18.2 Å². The van der Waals surface area contributed by atoms with E-state index in [0.717, 1.165) is 16.7 Å². The Morgan fingerprint density at radius 2 is 2.08 bits per heavy atom. The maximum atomic E-state index is 12.3. The Morgan fingerprint density at radius 1 is 1.27 bits per heavy atom. The molecule has 1 heterocycles. The number of nitrogens with zero attached hydrogens (tertiary/aromatic N) is 1. The summed E-state index contributed by atoms with van der Waals surface area (Å²) < 4.78 is 11.0. The van der Waals surface area contributed by atoms with Gasteiger partial charge in [-0.2, -0.15) is 5.26 Å². The Morgan fingerprint density at radius 3 is 2.81 bits per heavy atom. The molecule has 0 fully saturated rings. The highest BCUT2D eigenvalue weighted by Crippen LogP contribution is 2.35. The van der Waals surface area contributed by atoms with Crippen LogP contribution >= 0.6 is 0 Å². The Balaban J connectivity index is 1.75. The molecule has 130 valence electrons. The van der Waals surface area contributed by atoms with Crippen LogP contribution in [-0.2, 0) is 11.3 Å². The van der Waals surface area contributed by atoms with E-state index >= 15 is 0 Å². The van der Waals surface area contributed by atoms with Crippen molar-refractivity contribution in [3.63, 3.8) is 0 Å². The number of para-hydroxylation sites is 1. The van der Waals surface area contributed by atoms with Crippen molar-refractivity contribution < 1.29 is 14.3 Å². The first kappa shape index (κ1) is 17.3. The van der Waals surface area contributed by atoms with Gasteiger partial charge in [-0.1, -0.05) is 42.5 Å². The molecule has 1 aliphatic heterocycles. The number of hydrogen-bond acceptors (Lipinski definition) is 4. The van der Waals surface area contributed by atoms with Crippen LogP contribution in [0.3, 0.4) is 0 Å². The topological polar surface area (TPSA) is 71.3 Å². The number of methoxy groups -OCH3 is 1. The summed E-state index contributed by atoms with van der Waals surface area (Å²) in [5.74, 6) is 0.913. The first-order chi connectivity index (χ1) is 12.7. The van der Waals surface area contributed by atoms with Crippen molar-refractivity contribution in [3.8, 4) is 17.6 Å². The third-order valence-electron chi connectivity index (χ3n) is 3.94. The van der Waals surface area contributed by atoms with E-state index in [4.69, 9.17) is 9.47 Å². The molecule has 2 aromatic carbocycles. The monoisotopic (exact) mass is 346 g/mol. The van der Waals surface area contributed by atoms with Crippen LogP contribution in [0.4, 0.5) is 0 Å². The normalized spacial score (nSPS) is 12.9. The van der Waals surface area contributed by atoms with Crippen LogP contribution in [-0.4, -0.2) is 19.6 Å². The van der Waals surface area contributed by atoms with E-state index in [1.165, 1.54) is 0 Å². The second-order valence-electron chi connectivity index (χ2n) is 5.72. The average Bonchev–Trinajstić information content (AvgIpc) is 2.70. The smallest absolute Gasteiger partial charge is 0.262 e. The molecular formula is C21H18N2O3. The zero-order chi connectivity index (χ0) is 18.4. The van der Waals surface area contributed by atoms with E-state index in [-0.39, 0.29) is 12.2 Å². The van der Waals surface area contributed by atoms with E-state index in [2.05, 4.69) is 5.32 Å². The number of benzene rings is 2. The summed E-state index contributed by atoms with van der Waals surface area (Å²) in [5, 5.41) is 12.1. The second-order valence-corrected chi connectivity index (χ2v) is 5.72. The predicted molar refractivity (Wildman–Crippen MR) is 98.5 cm³/mol. The highest BCUT2D eigenvalue weighted by molar-refractivity contribution is 5.98.